The predicted molar refractivity (Wildman–Crippen MR) is 464 cm³/mol. The molecule has 2 N–H and O–H groups in total. The smallest absolute Gasteiger partial charge is 0.264 e. The van der Waals surface area contributed by atoms with Crippen molar-refractivity contribution in [3.05, 3.63) is 212 Å². The van der Waals surface area contributed by atoms with Crippen LogP contribution in [0.15, 0.2) is 158 Å². The van der Waals surface area contributed by atoms with Gasteiger partial charge in [0.25, 0.3) is 11.8 Å². The number of ether oxygens (including phenoxy) is 6. The molecule has 0 radical (unpaired) electrons. The fourth-order valence-electron chi connectivity index (χ4n) is 22.4. The van der Waals surface area contributed by atoms with Crippen LogP contribution in [-0.4, -0.2) is 228 Å². The van der Waals surface area contributed by atoms with Crippen LogP contribution in [0.5, 0.6) is 11.5 Å². The van der Waals surface area contributed by atoms with Gasteiger partial charge in [0.1, 0.15) is 22.7 Å². The predicted octanol–water partition coefficient (Wildman–Crippen LogP) is 13.0. The third-order valence-corrected chi connectivity index (χ3v) is 33.5. The fraction of sp³-hybridized carbons (Fsp3) is 0.553. The monoisotopic (exact) mass is 1680 g/mol. The van der Waals surface area contributed by atoms with E-state index in [-0.39, 0.29) is 47.3 Å². The molecule has 6 aromatic carbocycles. The van der Waals surface area contributed by atoms with Crippen LogP contribution in [-0.2, 0) is 75.5 Å². The Labute approximate surface area is 708 Å². The molecule has 0 unspecified atom stereocenters. The second kappa shape index (κ2) is 35.1. The molecular weight excluding hydrogens is 1570 g/mol. The number of benzene rings is 6. The molecule has 2 spiro atoms. The van der Waals surface area contributed by atoms with Crippen molar-refractivity contribution in [1.29, 1.82) is 0 Å². The summed E-state index contributed by atoms with van der Waals surface area (Å²) in [5.41, 5.74) is 7.42. The lowest BCUT2D eigenvalue weighted by molar-refractivity contribution is -0.108. The Bertz CT molecular complexity index is 4610. The van der Waals surface area contributed by atoms with Crippen molar-refractivity contribution in [2.24, 2.45) is 35.5 Å². The summed E-state index contributed by atoms with van der Waals surface area (Å²) in [6.07, 6.45) is 20.6. The quantitative estimate of drug-likeness (QED) is 0.123. The highest BCUT2D eigenvalue weighted by Crippen LogP contribution is 2.53. The van der Waals surface area contributed by atoms with E-state index >= 15 is 0 Å². The Morgan fingerprint density at radius 3 is 1.35 bits per heavy atom. The highest BCUT2D eigenvalue weighted by Gasteiger charge is 2.54. The molecule has 14 atom stereocenters. The number of sulfonamides is 2. The molecule has 6 fully saturated rings. The van der Waals surface area contributed by atoms with Gasteiger partial charge in [0.2, 0.25) is 20.0 Å². The van der Waals surface area contributed by atoms with Crippen molar-refractivity contribution in [3.8, 4) is 11.5 Å². The molecule has 118 heavy (non-hydrogen) atoms. The van der Waals surface area contributed by atoms with Crippen molar-refractivity contribution in [2.45, 2.75) is 148 Å². The lowest BCUT2D eigenvalue weighted by Crippen LogP contribution is -2.62. The van der Waals surface area contributed by atoms with Gasteiger partial charge in [-0.05, 0) is 219 Å². The highest BCUT2D eigenvalue weighted by molar-refractivity contribution is 7.91. The van der Waals surface area contributed by atoms with Gasteiger partial charge in [-0.2, -0.15) is 0 Å². The Hall–Kier alpha value is -6.90. The zero-order valence-corrected chi connectivity index (χ0v) is 72.1. The first-order valence-electron chi connectivity index (χ1n) is 43.4. The molecule has 2 amide bonds. The zero-order chi connectivity index (χ0) is 81.6. The first kappa shape index (κ1) is 83.4. The summed E-state index contributed by atoms with van der Waals surface area (Å²) in [6.45, 7) is 20.2. The van der Waals surface area contributed by atoms with E-state index < -0.39 is 53.6 Å². The third kappa shape index (κ3) is 17.3. The number of aryl methyl sites for hydroxylation is 2. The number of halogens is 2. The number of hydrogen-bond acceptors (Lipinski definition) is 18. The number of methoxy groups -OCH3 is 2. The van der Waals surface area contributed by atoms with E-state index in [4.69, 9.17) is 51.6 Å². The molecule has 8 heterocycles. The molecule has 4 aliphatic carbocycles. The van der Waals surface area contributed by atoms with E-state index in [1.54, 1.807) is 12.1 Å². The van der Waals surface area contributed by atoms with Crippen LogP contribution in [0.3, 0.4) is 0 Å². The summed E-state index contributed by atoms with van der Waals surface area (Å²) >= 11 is 13.1. The van der Waals surface area contributed by atoms with Gasteiger partial charge < -0.3 is 38.2 Å². The Morgan fingerprint density at radius 1 is 0.508 bits per heavy atom. The Kier molecular flexibility index (Phi) is 24.8. The third-order valence-electron chi connectivity index (χ3n) is 29.3. The number of anilines is 2. The average molecular weight is 1690 g/mol. The van der Waals surface area contributed by atoms with E-state index in [0.717, 1.165) is 202 Å². The molecule has 4 bridgehead atoms. The maximum atomic E-state index is 14.4. The van der Waals surface area contributed by atoms with Crippen molar-refractivity contribution in [2.75, 3.05) is 155 Å². The van der Waals surface area contributed by atoms with Crippen LogP contribution in [0.25, 0.3) is 0 Å². The van der Waals surface area contributed by atoms with E-state index in [0.29, 0.717) is 85.7 Å². The topological polar surface area (TPSA) is 201 Å². The van der Waals surface area contributed by atoms with Gasteiger partial charge in [-0.1, -0.05) is 134 Å². The fourth-order valence-corrected chi connectivity index (χ4v) is 26.1. The molecule has 2 saturated carbocycles. The van der Waals surface area contributed by atoms with E-state index in [1.165, 1.54) is 22.3 Å². The number of nitrogens with one attached hydrogen (secondary N) is 2. The number of rotatable bonds is 10. The van der Waals surface area contributed by atoms with Gasteiger partial charge in [-0.15, -0.1) is 0 Å². The number of carbonyl (C=O) groups excluding carboxylic acids is 2. The summed E-state index contributed by atoms with van der Waals surface area (Å²) in [6, 6.07) is 43.5. The number of morpholine rings is 2. The second-order valence-corrected chi connectivity index (χ2v) is 41.1. The molecule has 0 aromatic heterocycles. The number of nitrogens with zero attached hydrogens (tertiary/aromatic N) is 6. The molecule has 8 aliphatic heterocycles. The minimum atomic E-state index is -4.12. The number of carbonyl (C=O) groups is 2. The van der Waals surface area contributed by atoms with Gasteiger partial charge in [0.05, 0.1) is 61.5 Å². The Morgan fingerprint density at radius 2 is 0.941 bits per heavy atom. The summed E-state index contributed by atoms with van der Waals surface area (Å²) in [5.74, 6) is 0.655. The van der Waals surface area contributed by atoms with Crippen molar-refractivity contribution < 1.29 is 54.8 Å². The standard InChI is InChI=1S/2C47H59ClN4O6S/c2*1-33-8-6-19-47(56-2,31-50-20-21-51-22-23-57-29-39(51)28-50)41-15-12-37(41)27-52-30-46(18-7-11-35-25-38(48)14-16-40(35)46)32-58-43-17-13-36(26-42(43)52)45(53)49-59(54,55)44(33)24-34-9-4-3-5-10-34/h2*3-6,9-10,13-14,16-17,19,25-26,33,37,39,41,44H,7-8,11-12,15,18,20-24,27-32H2,1-2H3,(H,49,53)/b2*19-6+/t33-,37-,39-,41+,44+,46-,47-;33-,37-,39-,41+,44-,46-,47-/m00/s1. The molecule has 4 saturated heterocycles. The van der Waals surface area contributed by atoms with Crippen LogP contribution in [0.1, 0.15) is 132 Å². The zero-order valence-electron chi connectivity index (χ0n) is 69.0. The minimum Gasteiger partial charge on any atom is -0.490 e. The summed E-state index contributed by atoms with van der Waals surface area (Å²) in [5, 5.41) is -0.208. The average Bonchev–Trinajstić information content (AvgIpc) is 1.48. The first-order chi connectivity index (χ1) is 57.1. The number of amides is 2. The van der Waals surface area contributed by atoms with E-state index in [1.807, 2.05) is 125 Å². The SMILES string of the molecule is CO[C@]1(CN2CCN3CCOC[C@@H]3C2)/C=C/C[C@H](C)[C@@H](Cc2ccccc2)S(=O)(=O)NC(=O)c2ccc3c(c2)N(C[C@@H]2CC[C@H]21)C[C@@]1(CCCc2cc(Cl)ccc21)CO3.CO[C@]1(CN2CCN3CCOC[C@@H]3C2)/C=C/C[C@H](C)[C@H](Cc2ccccc2)S(=O)(=O)NC(=O)c2ccc3c(c2)N(C[C@@H]2CC[C@H]21)C[C@@]1(CCCc2cc(Cl)ccc21)CO3. The van der Waals surface area contributed by atoms with Gasteiger partial charge in [0, 0.05) is 150 Å². The number of fused-ring (bicyclic) bond motifs is 10. The van der Waals surface area contributed by atoms with Crippen molar-refractivity contribution in [3.63, 3.8) is 0 Å². The molecule has 18 rings (SSSR count). The van der Waals surface area contributed by atoms with Gasteiger partial charge >= 0.3 is 0 Å². The maximum Gasteiger partial charge on any atom is 0.264 e. The number of piperazine rings is 2. The molecule has 6 aromatic rings. The number of hydrogen-bond donors (Lipinski definition) is 2. The van der Waals surface area contributed by atoms with Crippen LogP contribution in [0.4, 0.5) is 11.4 Å². The van der Waals surface area contributed by atoms with Gasteiger partial charge in [0.15, 0.2) is 0 Å². The van der Waals surface area contributed by atoms with Crippen LogP contribution in [0.2, 0.25) is 10.0 Å². The molecule has 632 valence electrons. The van der Waals surface area contributed by atoms with Crippen LogP contribution < -0.4 is 28.7 Å². The first-order valence-corrected chi connectivity index (χ1v) is 47.3. The maximum absolute atomic E-state index is 14.4. The molecular formula is C94H118Cl2N8O12S2. The summed E-state index contributed by atoms with van der Waals surface area (Å²) in [7, 11) is -4.52. The lowest BCUT2D eigenvalue weighted by atomic mass is 9.63. The Balaban J connectivity index is 0.000000169. The minimum absolute atomic E-state index is 0.226. The van der Waals surface area contributed by atoms with Crippen molar-refractivity contribution >= 4 is 66.4 Å². The number of allylic oxidation sites excluding steroid dienone is 2. The van der Waals surface area contributed by atoms with Gasteiger partial charge in [-0.3, -0.25) is 29.2 Å². The van der Waals surface area contributed by atoms with Crippen LogP contribution >= 0.6 is 23.2 Å². The van der Waals surface area contributed by atoms with Crippen molar-refractivity contribution in [1.82, 2.24) is 29.0 Å². The molecule has 12 aliphatic rings. The second-order valence-electron chi connectivity index (χ2n) is 36.4. The lowest BCUT2D eigenvalue weighted by Gasteiger charge is -2.53. The summed E-state index contributed by atoms with van der Waals surface area (Å²) in [4.78, 5) is 43.4. The van der Waals surface area contributed by atoms with Crippen LogP contribution in [0, 0.1) is 35.5 Å². The summed E-state index contributed by atoms with van der Waals surface area (Å²) < 4.78 is 102. The van der Waals surface area contributed by atoms with Gasteiger partial charge in [-0.25, -0.2) is 26.3 Å². The molecule has 20 nitrogen and oxygen atoms in total. The molecule has 24 heteroatoms. The van der Waals surface area contributed by atoms with E-state index in [9.17, 15) is 26.4 Å². The largest absolute Gasteiger partial charge is 0.490 e. The highest BCUT2D eigenvalue weighted by atomic mass is 35.5. The van der Waals surface area contributed by atoms with E-state index in [2.05, 4.69) is 87.4 Å². The normalized spacial score (nSPS) is 33.0.